The van der Waals surface area contributed by atoms with Crippen molar-refractivity contribution in [2.75, 3.05) is 19.8 Å². The average Bonchev–Trinajstić information content (AvgIpc) is 2.82. The van der Waals surface area contributed by atoms with Crippen molar-refractivity contribution in [1.29, 1.82) is 0 Å². The molecule has 1 heterocycles. The number of hydrogen-bond acceptors (Lipinski definition) is 5. The van der Waals surface area contributed by atoms with Crippen LogP contribution in [0.3, 0.4) is 0 Å². The second kappa shape index (κ2) is 10.3. The Morgan fingerprint density at radius 3 is 2.75 bits per heavy atom. The van der Waals surface area contributed by atoms with E-state index in [-0.39, 0.29) is 6.61 Å². The Labute approximate surface area is 121 Å². The molecule has 4 atom stereocenters. The molecule has 1 saturated heterocycles. The van der Waals surface area contributed by atoms with Crippen LogP contribution >= 0.6 is 0 Å². The fourth-order valence-corrected chi connectivity index (χ4v) is 2.24. The Kier molecular flexibility index (Phi) is 9.05. The topological polar surface area (TPSA) is 79.2 Å². The monoisotopic (exact) mass is 288 g/mol. The van der Waals surface area contributed by atoms with Crippen LogP contribution in [-0.4, -0.2) is 59.6 Å². The van der Waals surface area contributed by atoms with Crippen molar-refractivity contribution in [1.82, 2.24) is 0 Å². The first-order valence-corrected chi connectivity index (χ1v) is 7.55. The molecule has 0 unspecified atom stereocenters. The van der Waals surface area contributed by atoms with E-state index in [2.05, 4.69) is 19.1 Å². The zero-order chi connectivity index (χ0) is 14.8. The van der Waals surface area contributed by atoms with Gasteiger partial charge >= 0.3 is 0 Å². The van der Waals surface area contributed by atoms with Crippen LogP contribution in [0.4, 0.5) is 0 Å². The fourth-order valence-electron chi connectivity index (χ4n) is 2.24. The quantitative estimate of drug-likeness (QED) is 0.413. The first-order chi connectivity index (χ1) is 9.70. The average molecular weight is 288 g/mol. The predicted octanol–water partition coefficient (Wildman–Crippen LogP) is 1.01. The van der Waals surface area contributed by atoms with Gasteiger partial charge in [-0.1, -0.05) is 31.9 Å². The van der Waals surface area contributed by atoms with Gasteiger partial charge in [0.25, 0.3) is 0 Å². The highest BCUT2D eigenvalue weighted by molar-refractivity contribution is 4.89. The van der Waals surface area contributed by atoms with E-state index in [0.29, 0.717) is 6.61 Å². The molecule has 5 heteroatoms. The van der Waals surface area contributed by atoms with Crippen LogP contribution in [0.2, 0.25) is 0 Å². The van der Waals surface area contributed by atoms with Gasteiger partial charge in [-0.15, -0.1) is 0 Å². The normalized spacial score (nSPS) is 28.3. The Morgan fingerprint density at radius 2 is 2.05 bits per heavy atom. The van der Waals surface area contributed by atoms with Gasteiger partial charge in [-0.05, 0) is 19.3 Å². The van der Waals surface area contributed by atoms with Crippen LogP contribution in [0.15, 0.2) is 12.2 Å². The summed E-state index contributed by atoms with van der Waals surface area (Å²) >= 11 is 0. The summed E-state index contributed by atoms with van der Waals surface area (Å²) in [4.78, 5) is 0. The van der Waals surface area contributed by atoms with Crippen molar-refractivity contribution < 1.29 is 24.8 Å². The summed E-state index contributed by atoms with van der Waals surface area (Å²) < 4.78 is 10.8. The van der Waals surface area contributed by atoms with Crippen molar-refractivity contribution in [3.05, 3.63) is 12.2 Å². The summed E-state index contributed by atoms with van der Waals surface area (Å²) in [6.45, 7) is 2.54. The molecule has 20 heavy (non-hydrogen) atoms. The molecule has 0 aromatic heterocycles. The van der Waals surface area contributed by atoms with Crippen LogP contribution in [0.25, 0.3) is 0 Å². The van der Waals surface area contributed by atoms with Gasteiger partial charge in [-0.2, -0.15) is 0 Å². The molecule has 0 spiro atoms. The van der Waals surface area contributed by atoms with E-state index in [1.54, 1.807) is 0 Å². The van der Waals surface area contributed by atoms with Gasteiger partial charge in [0.15, 0.2) is 0 Å². The van der Waals surface area contributed by atoms with Gasteiger partial charge in [0.05, 0.1) is 19.8 Å². The first-order valence-electron chi connectivity index (χ1n) is 7.55. The molecule has 3 N–H and O–H groups in total. The van der Waals surface area contributed by atoms with Gasteiger partial charge in [-0.25, -0.2) is 0 Å². The molecule has 0 aliphatic carbocycles. The second-order valence-electron chi connectivity index (χ2n) is 5.20. The SMILES string of the molecule is CCCCC/C=C/CCO[C@@H]1CO[C@H]([C@@H](O)CO)[C@@H]1O. The highest BCUT2D eigenvalue weighted by Crippen LogP contribution is 2.20. The number of allylic oxidation sites excluding steroid dienone is 1. The van der Waals surface area contributed by atoms with E-state index in [0.717, 1.165) is 12.8 Å². The van der Waals surface area contributed by atoms with Crippen molar-refractivity contribution in [2.45, 2.75) is 63.4 Å². The Balaban J connectivity index is 2.11. The fraction of sp³-hybridized carbons (Fsp3) is 0.867. The standard InChI is InChI=1S/C15H28O5/c1-2-3-4-5-6-7-8-9-19-13-11-20-15(14(13)18)12(17)10-16/h6-7,12-18H,2-5,8-11H2,1H3/b7-6+/t12-,13+,14+,15+/m0/s1. The largest absolute Gasteiger partial charge is 0.394 e. The Hall–Kier alpha value is -0.460. The maximum Gasteiger partial charge on any atom is 0.114 e. The van der Waals surface area contributed by atoms with Gasteiger partial charge in [0.1, 0.15) is 24.4 Å². The summed E-state index contributed by atoms with van der Waals surface area (Å²) in [5, 5.41) is 28.2. The zero-order valence-corrected chi connectivity index (χ0v) is 12.3. The van der Waals surface area contributed by atoms with E-state index in [9.17, 15) is 10.2 Å². The summed E-state index contributed by atoms with van der Waals surface area (Å²) in [7, 11) is 0. The van der Waals surface area contributed by atoms with Crippen LogP contribution in [0.1, 0.15) is 39.0 Å². The van der Waals surface area contributed by atoms with Gasteiger partial charge in [-0.3, -0.25) is 0 Å². The van der Waals surface area contributed by atoms with Crippen LogP contribution < -0.4 is 0 Å². The molecule has 0 bridgehead atoms. The Morgan fingerprint density at radius 1 is 1.30 bits per heavy atom. The van der Waals surface area contributed by atoms with E-state index < -0.39 is 31.0 Å². The maximum absolute atomic E-state index is 9.91. The van der Waals surface area contributed by atoms with Crippen LogP contribution in [0, 0.1) is 0 Å². The lowest BCUT2D eigenvalue weighted by atomic mass is 10.1. The summed E-state index contributed by atoms with van der Waals surface area (Å²) in [6, 6.07) is 0. The van der Waals surface area contributed by atoms with Crippen molar-refractivity contribution >= 4 is 0 Å². The zero-order valence-electron chi connectivity index (χ0n) is 12.3. The van der Waals surface area contributed by atoms with Gasteiger partial charge in [0.2, 0.25) is 0 Å². The second-order valence-corrected chi connectivity index (χ2v) is 5.20. The molecule has 0 aromatic carbocycles. The molecule has 0 radical (unpaired) electrons. The molecule has 1 aliphatic heterocycles. The molecular formula is C15H28O5. The highest BCUT2D eigenvalue weighted by atomic mass is 16.6. The molecular weight excluding hydrogens is 260 g/mol. The number of hydrogen-bond donors (Lipinski definition) is 3. The molecule has 5 nitrogen and oxygen atoms in total. The Bertz CT molecular complexity index is 269. The van der Waals surface area contributed by atoms with E-state index in [1.165, 1.54) is 19.3 Å². The third-order valence-electron chi connectivity index (χ3n) is 3.49. The number of unbranched alkanes of at least 4 members (excludes halogenated alkanes) is 3. The van der Waals surface area contributed by atoms with E-state index in [1.807, 2.05) is 0 Å². The lowest BCUT2D eigenvalue weighted by Crippen LogP contribution is -2.41. The molecule has 0 amide bonds. The smallest absolute Gasteiger partial charge is 0.114 e. The van der Waals surface area contributed by atoms with Crippen molar-refractivity contribution in [3.8, 4) is 0 Å². The van der Waals surface area contributed by atoms with Crippen LogP contribution in [0.5, 0.6) is 0 Å². The molecule has 1 fully saturated rings. The number of aliphatic hydroxyl groups is 3. The van der Waals surface area contributed by atoms with Crippen molar-refractivity contribution in [2.24, 2.45) is 0 Å². The van der Waals surface area contributed by atoms with Gasteiger partial charge in [0, 0.05) is 0 Å². The van der Waals surface area contributed by atoms with Gasteiger partial charge < -0.3 is 24.8 Å². The van der Waals surface area contributed by atoms with E-state index >= 15 is 0 Å². The minimum atomic E-state index is -1.06. The predicted molar refractivity (Wildman–Crippen MR) is 76.5 cm³/mol. The third-order valence-corrected chi connectivity index (χ3v) is 3.49. The minimum Gasteiger partial charge on any atom is -0.394 e. The molecule has 0 saturated carbocycles. The first kappa shape index (κ1) is 17.6. The van der Waals surface area contributed by atoms with Crippen molar-refractivity contribution in [3.63, 3.8) is 0 Å². The number of rotatable bonds is 10. The summed E-state index contributed by atoms with van der Waals surface area (Å²) in [5.41, 5.74) is 0. The summed E-state index contributed by atoms with van der Waals surface area (Å²) in [6.07, 6.45) is 6.78. The minimum absolute atomic E-state index is 0.253. The third kappa shape index (κ3) is 5.89. The van der Waals surface area contributed by atoms with E-state index in [4.69, 9.17) is 14.6 Å². The molecule has 0 aromatic rings. The molecule has 1 aliphatic rings. The molecule has 1 rings (SSSR count). The van der Waals surface area contributed by atoms with Crippen LogP contribution in [-0.2, 0) is 9.47 Å². The summed E-state index contributed by atoms with van der Waals surface area (Å²) in [5.74, 6) is 0. The highest BCUT2D eigenvalue weighted by Gasteiger charge is 2.40. The maximum atomic E-state index is 9.91. The number of ether oxygens (including phenoxy) is 2. The molecule has 118 valence electrons. The lowest BCUT2D eigenvalue weighted by Gasteiger charge is -2.20. The number of aliphatic hydroxyl groups excluding tert-OH is 3. The lowest BCUT2D eigenvalue weighted by molar-refractivity contribution is -0.0726.